The fraction of sp³-hybridized carbons (Fsp3) is 0.200. The minimum atomic E-state index is -3.34. The van der Waals surface area contributed by atoms with Gasteiger partial charge in [0.25, 0.3) is 0 Å². The highest BCUT2D eigenvalue weighted by atomic mass is 32.2. The number of aromatic nitrogens is 1. The summed E-state index contributed by atoms with van der Waals surface area (Å²) in [4.78, 5) is 17.3. The molecule has 2 aromatic carbocycles. The molecule has 7 heteroatoms. The van der Waals surface area contributed by atoms with Gasteiger partial charge in [0.1, 0.15) is 0 Å². The number of thioether (sulfide) groups is 1. The van der Waals surface area contributed by atoms with Crippen LogP contribution >= 0.6 is 11.8 Å². The van der Waals surface area contributed by atoms with Crippen molar-refractivity contribution in [3.63, 3.8) is 0 Å². The Morgan fingerprint density at radius 3 is 2.44 bits per heavy atom. The van der Waals surface area contributed by atoms with E-state index in [9.17, 15) is 13.2 Å². The number of ketones is 1. The van der Waals surface area contributed by atoms with Gasteiger partial charge in [-0.25, -0.2) is 13.4 Å². The Kier molecular flexibility index (Phi) is 5.53. The number of sulfonamides is 1. The van der Waals surface area contributed by atoms with Crippen molar-refractivity contribution in [1.29, 1.82) is 0 Å². The molecule has 1 N–H and O–H groups in total. The molecular weight excluding hydrogens is 380 g/mol. The van der Waals surface area contributed by atoms with Crippen LogP contribution in [0.1, 0.15) is 22.8 Å². The number of fused-ring (bicyclic) bond motifs is 1. The first-order valence-electron chi connectivity index (χ1n) is 8.38. The summed E-state index contributed by atoms with van der Waals surface area (Å²) in [6, 6.07) is 16.4. The fourth-order valence-electron chi connectivity index (χ4n) is 2.76. The minimum Gasteiger partial charge on any atom is -0.293 e. The highest BCUT2D eigenvalue weighted by Crippen LogP contribution is 2.28. The molecule has 1 heterocycles. The first-order valence-corrected chi connectivity index (χ1v) is 11.2. The van der Waals surface area contributed by atoms with Crippen molar-refractivity contribution in [3.05, 3.63) is 65.7 Å². The van der Waals surface area contributed by atoms with E-state index in [1.165, 1.54) is 11.8 Å². The summed E-state index contributed by atoms with van der Waals surface area (Å²) in [5.41, 5.74) is 3.00. The van der Waals surface area contributed by atoms with Gasteiger partial charge in [-0.3, -0.25) is 9.52 Å². The van der Waals surface area contributed by atoms with Crippen LogP contribution in [-0.2, 0) is 10.0 Å². The number of para-hydroxylation sites is 1. The number of anilines is 1. The molecule has 1 atom stereocenters. The van der Waals surface area contributed by atoms with Crippen LogP contribution in [-0.4, -0.2) is 30.7 Å². The molecule has 27 heavy (non-hydrogen) atoms. The summed E-state index contributed by atoms with van der Waals surface area (Å²) in [5.74, 6) is -0.0292. The molecule has 0 bridgehead atoms. The van der Waals surface area contributed by atoms with Crippen LogP contribution in [0.3, 0.4) is 0 Å². The number of rotatable bonds is 6. The fourth-order valence-corrected chi connectivity index (χ4v) is 4.33. The van der Waals surface area contributed by atoms with E-state index >= 15 is 0 Å². The standard InChI is InChI=1S/C20H20N2O3S2/c1-13-12-19(21-18-7-5-4-6-17(13)18)26-14(2)20(23)15-8-10-16(11-9-15)22-27(3,24)25/h4-12,14,22H,1-3H3. The molecule has 1 unspecified atom stereocenters. The molecule has 3 aromatic rings. The quantitative estimate of drug-likeness (QED) is 0.494. The van der Waals surface area contributed by atoms with Crippen LogP contribution in [0.25, 0.3) is 10.9 Å². The predicted molar refractivity (Wildman–Crippen MR) is 111 cm³/mol. The van der Waals surface area contributed by atoms with Gasteiger partial charge in [0.2, 0.25) is 10.0 Å². The average Bonchev–Trinajstić information content (AvgIpc) is 2.60. The number of aryl methyl sites for hydroxylation is 1. The van der Waals surface area contributed by atoms with Crippen LogP contribution < -0.4 is 4.72 Å². The topological polar surface area (TPSA) is 76.1 Å². The second kappa shape index (κ2) is 7.70. The second-order valence-corrected chi connectivity index (χ2v) is 9.48. The number of benzene rings is 2. The molecule has 0 aliphatic rings. The third-order valence-corrected chi connectivity index (χ3v) is 5.66. The first kappa shape index (κ1) is 19.4. The molecule has 1 aromatic heterocycles. The molecule has 0 radical (unpaired) electrons. The minimum absolute atomic E-state index is 0.0292. The van der Waals surface area contributed by atoms with E-state index in [-0.39, 0.29) is 11.0 Å². The number of hydrogen-bond donors (Lipinski definition) is 1. The van der Waals surface area contributed by atoms with E-state index in [0.29, 0.717) is 11.3 Å². The second-order valence-electron chi connectivity index (χ2n) is 6.37. The molecular formula is C20H20N2O3S2. The third-order valence-electron chi connectivity index (χ3n) is 4.04. The van der Waals surface area contributed by atoms with Crippen molar-refractivity contribution in [2.45, 2.75) is 24.1 Å². The van der Waals surface area contributed by atoms with Crippen LogP contribution in [0, 0.1) is 6.92 Å². The Labute approximate surface area is 163 Å². The number of carbonyl (C=O) groups is 1. The molecule has 0 spiro atoms. The van der Waals surface area contributed by atoms with E-state index in [2.05, 4.69) is 9.71 Å². The number of hydrogen-bond acceptors (Lipinski definition) is 5. The normalized spacial score (nSPS) is 12.7. The van der Waals surface area contributed by atoms with Crippen LogP contribution in [0.15, 0.2) is 59.6 Å². The maximum atomic E-state index is 12.7. The number of nitrogens with one attached hydrogen (secondary N) is 1. The average molecular weight is 401 g/mol. The van der Waals surface area contributed by atoms with Gasteiger partial charge in [0, 0.05) is 16.6 Å². The van der Waals surface area contributed by atoms with Gasteiger partial charge in [-0.15, -0.1) is 0 Å². The molecule has 0 aliphatic heterocycles. The molecule has 0 fully saturated rings. The smallest absolute Gasteiger partial charge is 0.229 e. The van der Waals surface area contributed by atoms with Crippen molar-refractivity contribution in [2.24, 2.45) is 0 Å². The largest absolute Gasteiger partial charge is 0.293 e. The van der Waals surface area contributed by atoms with Gasteiger partial charge in [-0.2, -0.15) is 0 Å². The molecule has 0 saturated carbocycles. The Hall–Kier alpha value is -2.38. The molecule has 3 rings (SSSR count). The lowest BCUT2D eigenvalue weighted by atomic mass is 10.1. The zero-order valence-corrected chi connectivity index (χ0v) is 16.9. The number of Topliss-reactive ketones (excluding diaryl/α,β-unsaturated/α-hetero) is 1. The molecule has 5 nitrogen and oxygen atoms in total. The van der Waals surface area contributed by atoms with Crippen molar-refractivity contribution in [2.75, 3.05) is 11.0 Å². The summed E-state index contributed by atoms with van der Waals surface area (Å²) in [7, 11) is -3.34. The Bertz CT molecular complexity index is 1090. The van der Waals surface area contributed by atoms with Crippen molar-refractivity contribution in [3.8, 4) is 0 Å². The maximum absolute atomic E-state index is 12.7. The summed E-state index contributed by atoms with van der Waals surface area (Å²) in [6.07, 6.45) is 1.09. The number of pyridine rings is 1. The van der Waals surface area contributed by atoms with Crippen molar-refractivity contribution < 1.29 is 13.2 Å². The SMILES string of the molecule is Cc1cc(SC(C)C(=O)c2ccc(NS(C)(=O)=O)cc2)nc2ccccc12. The van der Waals surface area contributed by atoms with E-state index in [4.69, 9.17) is 0 Å². The lowest BCUT2D eigenvalue weighted by molar-refractivity contribution is 0.0994. The predicted octanol–water partition coefficient (Wildman–Crippen LogP) is 4.28. The first-order chi connectivity index (χ1) is 12.7. The van der Waals surface area contributed by atoms with Gasteiger partial charge < -0.3 is 0 Å². The van der Waals surface area contributed by atoms with Crippen molar-refractivity contribution in [1.82, 2.24) is 4.98 Å². The van der Waals surface area contributed by atoms with Crippen LogP contribution in [0.4, 0.5) is 5.69 Å². The third kappa shape index (κ3) is 4.87. The van der Waals surface area contributed by atoms with Crippen molar-refractivity contribution >= 4 is 44.2 Å². The Morgan fingerprint density at radius 1 is 1.11 bits per heavy atom. The lowest BCUT2D eigenvalue weighted by Gasteiger charge is -2.12. The van der Waals surface area contributed by atoms with Gasteiger partial charge >= 0.3 is 0 Å². The zero-order valence-electron chi connectivity index (χ0n) is 15.3. The van der Waals surface area contributed by atoms with Gasteiger partial charge in [0.05, 0.1) is 22.0 Å². The van der Waals surface area contributed by atoms with E-state index in [1.54, 1.807) is 24.3 Å². The van der Waals surface area contributed by atoms with E-state index in [1.807, 2.05) is 44.2 Å². The van der Waals surface area contributed by atoms with E-state index < -0.39 is 10.0 Å². The maximum Gasteiger partial charge on any atom is 0.229 e. The summed E-state index contributed by atoms with van der Waals surface area (Å²) < 4.78 is 24.9. The Morgan fingerprint density at radius 2 is 1.78 bits per heavy atom. The van der Waals surface area contributed by atoms with Gasteiger partial charge in [-0.1, -0.05) is 30.0 Å². The van der Waals surface area contributed by atoms with Gasteiger partial charge in [0.15, 0.2) is 5.78 Å². The lowest BCUT2D eigenvalue weighted by Crippen LogP contribution is -2.14. The van der Waals surface area contributed by atoms with E-state index in [0.717, 1.165) is 27.7 Å². The molecule has 0 amide bonds. The highest BCUT2D eigenvalue weighted by Gasteiger charge is 2.18. The summed E-state index contributed by atoms with van der Waals surface area (Å²) in [6.45, 7) is 3.88. The zero-order chi connectivity index (χ0) is 19.6. The molecule has 140 valence electrons. The summed E-state index contributed by atoms with van der Waals surface area (Å²) in [5, 5.41) is 1.60. The monoisotopic (exact) mass is 400 g/mol. The van der Waals surface area contributed by atoms with Crippen LogP contribution in [0.5, 0.6) is 0 Å². The Balaban J connectivity index is 1.76. The number of carbonyl (C=O) groups excluding carboxylic acids is 1. The summed E-state index contributed by atoms with van der Waals surface area (Å²) >= 11 is 1.42. The molecule has 0 aliphatic carbocycles. The van der Waals surface area contributed by atoms with Gasteiger partial charge in [-0.05, 0) is 55.8 Å². The highest BCUT2D eigenvalue weighted by molar-refractivity contribution is 8.00. The molecule has 0 saturated heterocycles. The van der Waals surface area contributed by atoms with Crippen LogP contribution in [0.2, 0.25) is 0 Å². The number of nitrogens with zero attached hydrogens (tertiary/aromatic N) is 1.